The number of nitrogens with one attached hydrogen (secondary N) is 2. The molecule has 1 fully saturated rings. The zero-order valence-corrected chi connectivity index (χ0v) is 14.0. The minimum atomic E-state index is -0.658. The van der Waals surface area contributed by atoms with Crippen molar-refractivity contribution in [3.05, 3.63) is 23.8 Å². The molecule has 2 heterocycles. The van der Waals surface area contributed by atoms with Gasteiger partial charge >= 0.3 is 6.03 Å². The van der Waals surface area contributed by atoms with Crippen LogP contribution in [-0.4, -0.2) is 42.1 Å². The quantitative estimate of drug-likeness (QED) is 0.721. The average Bonchev–Trinajstić information content (AvgIpc) is 3.17. The molecule has 8 heteroatoms. The maximum Gasteiger partial charge on any atom is 0.325 e. The van der Waals surface area contributed by atoms with Gasteiger partial charge in [0.1, 0.15) is 6.04 Å². The Labute approximate surface area is 145 Å². The number of imide groups is 1. The summed E-state index contributed by atoms with van der Waals surface area (Å²) in [4.78, 5) is 37.3. The Morgan fingerprint density at radius 2 is 2.12 bits per heavy atom. The lowest BCUT2D eigenvalue weighted by atomic mass is 10.1. The molecule has 2 N–H and O–H groups in total. The van der Waals surface area contributed by atoms with E-state index in [0.29, 0.717) is 18.0 Å². The van der Waals surface area contributed by atoms with E-state index in [0.717, 1.165) is 16.9 Å². The summed E-state index contributed by atoms with van der Waals surface area (Å²) in [6, 6.07) is 4.20. The van der Waals surface area contributed by atoms with Crippen molar-refractivity contribution in [3.63, 3.8) is 0 Å². The predicted molar refractivity (Wildman–Crippen MR) is 88.0 cm³/mol. The molecule has 0 bridgehead atoms. The highest BCUT2D eigenvalue weighted by molar-refractivity contribution is 6.04. The molecule has 3 rings (SSSR count). The molecular formula is C17H21N3O5. The summed E-state index contributed by atoms with van der Waals surface area (Å²) in [5.41, 5.74) is 0.772. The van der Waals surface area contributed by atoms with Crippen molar-refractivity contribution in [2.45, 2.75) is 38.8 Å². The van der Waals surface area contributed by atoms with Crippen LogP contribution in [0.4, 0.5) is 4.79 Å². The zero-order chi connectivity index (χ0) is 17.8. The molecule has 134 valence electrons. The standard InChI is InChI=1S/C17H21N3O5/c1-2-7-18-15(21)6-4-12-16(22)20(17(23)19-12)9-11-3-5-13-14(8-11)25-10-24-13/h3,5,8,12H,2,4,6-7,9-10H2,1H3,(H,18,21)(H,19,23)/t12-/m0/s1. The molecule has 1 saturated heterocycles. The van der Waals surface area contributed by atoms with Crippen LogP contribution in [0.15, 0.2) is 18.2 Å². The van der Waals surface area contributed by atoms with E-state index < -0.39 is 12.1 Å². The summed E-state index contributed by atoms with van der Waals surface area (Å²) in [7, 11) is 0. The van der Waals surface area contributed by atoms with Crippen LogP contribution in [0.5, 0.6) is 11.5 Å². The molecule has 0 aliphatic carbocycles. The molecule has 0 unspecified atom stereocenters. The number of hydrogen-bond donors (Lipinski definition) is 2. The molecule has 2 aliphatic rings. The van der Waals surface area contributed by atoms with E-state index in [-0.39, 0.29) is 38.0 Å². The van der Waals surface area contributed by atoms with Crippen LogP contribution in [0, 0.1) is 0 Å². The van der Waals surface area contributed by atoms with Gasteiger partial charge in [-0.15, -0.1) is 0 Å². The van der Waals surface area contributed by atoms with Gasteiger partial charge in [-0.05, 0) is 30.5 Å². The maximum absolute atomic E-state index is 12.4. The van der Waals surface area contributed by atoms with E-state index in [4.69, 9.17) is 9.47 Å². The Morgan fingerprint density at radius 3 is 2.92 bits per heavy atom. The number of rotatable bonds is 7. The monoisotopic (exact) mass is 347 g/mol. The molecule has 0 aromatic heterocycles. The van der Waals surface area contributed by atoms with E-state index in [2.05, 4.69) is 10.6 Å². The van der Waals surface area contributed by atoms with E-state index in [9.17, 15) is 14.4 Å². The molecular weight excluding hydrogens is 326 g/mol. The van der Waals surface area contributed by atoms with Crippen molar-refractivity contribution in [2.75, 3.05) is 13.3 Å². The van der Waals surface area contributed by atoms with Gasteiger partial charge in [0, 0.05) is 13.0 Å². The van der Waals surface area contributed by atoms with Gasteiger partial charge in [0.05, 0.1) is 6.54 Å². The Balaban J connectivity index is 1.57. The second-order valence-corrected chi connectivity index (χ2v) is 6.00. The van der Waals surface area contributed by atoms with Crippen molar-refractivity contribution < 1.29 is 23.9 Å². The van der Waals surface area contributed by atoms with Crippen molar-refractivity contribution in [3.8, 4) is 11.5 Å². The number of fused-ring (bicyclic) bond motifs is 1. The molecule has 0 saturated carbocycles. The minimum Gasteiger partial charge on any atom is -0.454 e. The molecule has 0 spiro atoms. The lowest BCUT2D eigenvalue weighted by Crippen LogP contribution is -2.32. The SMILES string of the molecule is CCCNC(=O)CC[C@@H]1NC(=O)N(Cc2ccc3c(c2)OCO3)C1=O. The number of ether oxygens (including phenoxy) is 2. The summed E-state index contributed by atoms with van der Waals surface area (Å²) in [5, 5.41) is 5.39. The van der Waals surface area contributed by atoms with Gasteiger partial charge in [-0.1, -0.05) is 13.0 Å². The van der Waals surface area contributed by atoms with Gasteiger partial charge in [-0.25, -0.2) is 4.79 Å². The summed E-state index contributed by atoms with van der Waals surface area (Å²) in [6.45, 7) is 2.90. The summed E-state index contributed by atoms with van der Waals surface area (Å²) in [6.07, 6.45) is 1.35. The number of hydrogen-bond acceptors (Lipinski definition) is 5. The predicted octanol–water partition coefficient (Wildman–Crippen LogP) is 1.14. The van der Waals surface area contributed by atoms with Gasteiger partial charge in [0.2, 0.25) is 12.7 Å². The first-order valence-corrected chi connectivity index (χ1v) is 8.35. The number of carbonyl (C=O) groups excluding carboxylic acids is 3. The Hall–Kier alpha value is -2.77. The first-order chi connectivity index (χ1) is 12.1. The Morgan fingerprint density at radius 1 is 1.32 bits per heavy atom. The van der Waals surface area contributed by atoms with E-state index >= 15 is 0 Å². The number of amides is 4. The number of benzene rings is 1. The second-order valence-electron chi connectivity index (χ2n) is 6.00. The van der Waals surface area contributed by atoms with Gasteiger partial charge in [0.25, 0.3) is 5.91 Å². The van der Waals surface area contributed by atoms with Crippen molar-refractivity contribution in [1.82, 2.24) is 15.5 Å². The molecule has 25 heavy (non-hydrogen) atoms. The highest BCUT2D eigenvalue weighted by Gasteiger charge is 2.37. The van der Waals surface area contributed by atoms with Crippen molar-refractivity contribution in [2.24, 2.45) is 0 Å². The van der Waals surface area contributed by atoms with Crippen LogP contribution in [0.2, 0.25) is 0 Å². The molecule has 1 atom stereocenters. The summed E-state index contributed by atoms with van der Waals surface area (Å²) in [5.74, 6) is 0.828. The summed E-state index contributed by atoms with van der Waals surface area (Å²) >= 11 is 0. The van der Waals surface area contributed by atoms with Crippen LogP contribution >= 0.6 is 0 Å². The van der Waals surface area contributed by atoms with Crippen molar-refractivity contribution >= 4 is 17.8 Å². The molecule has 1 aromatic rings. The van der Waals surface area contributed by atoms with E-state index in [1.165, 1.54) is 0 Å². The molecule has 1 aromatic carbocycles. The Kier molecular flexibility index (Phi) is 5.06. The first-order valence-electron chi connectivity index (χ1n) is 8.35. The highest BCUT2D eigenvalue weighted by atomic mass is 16.7. The fourth-order valence-corrected chi connectivity index (χ4v) is 2.77. The Bertz CT molecular complexity index is 691. The fraction of sp³-hybridized carbons (Fsp3) is 0.471. The average molecular weight is 347 g/mol. The third kappa shape index (κ3) is 3.84. The topological polar surface area (TPSA) is 97.0 Å². The van der Waals surface area contributed by atoms with E-state index in [1.54, 1.807) is 18.2 Å². The molecule has 0 radical (unpaired) electrons. The van der Waals surface area contributed by atoms with E-state index in [1.807, 2.05) is 6.92 Å². The number of carbonyl (C=O) groups is 3. The van der Waals surface area contributed by atoms with Gasteiger partial charge in [0.15, 0.2) is 11.5 Å². The van der Waals surface area contributed by atoms with Gasteiger partial charge in [-0.2, -0.15) is 0 Å². The second kappa shape index (κ2) is 7.42. The normalized spacial score (nSPS) is 18.4. The van der Waals surface area contributed by atoms with Gasteiger partial charge < -0.3 is 20.1 Å². The summed E-state index contributed by atoms with van der Waals surface area (Å²) < 4.78 is 10.5. The zero-order valence-electron chi connectivity index (χ0n) is 14.0. The van der Waals surface area contributed by atoms with Crippen LogP contribution < -0.4 is 20.1 Å². The van der Waals surface area contributed by atoms with Crippen LogP contribution in [-0.2, 0) is 16.1 Å². The van der Waals surface area contributed by atoms with Crippen molar-refractivity contribution in [1.29, 1.82) is 0 Å². The maximum atomic E-state index is 12.4. The number of urea groups is 1. The lowest BCUT2D eigenvalue weighted by molar-refractivity contribution is -0.128. The fourth-order valence-electron chi connectivity index (χ4n) is 2.77. The third-order valence-corrected chi connectivity index (χ3v) is 4.12. The molecule has 8 nitrogen and oxygen atoms in total. The van der Waals surface area contributed by atoms with Crippen LogP contribution in [0.3, 0.4) is 0 Å². The largest absolute Gasteiger partial charge is 0.454 e. The number of nitrogens with zero attached hydrogens (tertiary/aromatic N) is 1. The highest BCUT2D eigenvalue weighted by Crippen LogP contribution is 2.33. The minimum absolute atomic E-state index is 0.113. The third-order valence-electron chi connectivity index (χ3n) is 4.12. The van der Waals surface area contributed by atoms with Crippen LogP contribution in [0.25, 0.3) is 0 Å². The lowest BCUT2D eigenvalue weighted by Gasteiger charge is -2.13. The van der Waals surface area contributed by atoms with Gasteiger partial charge in [-0.3, -0.25) is 14.5 Å². The first kappa shape index (κ1) is 17.1. The van der Waals surface area contributed by atoms with Crippen LogP contribution in [0.1, 0.15) is 31.7 Å². The molecule has 4 amide bonds. The smallest absolute Gasteiger partial charge is 0.325 e. The molecule has 2 aliphatic heterocycles.